The van der Waals surface area contributed by atoms with Crippen molar-refractivity contribution < 1.29 is 8.42 Å². The molecule has 2 aromatic carbocycles. The van der Waals surface area contributed by atoms with Crippen molar-refractivity contribution in [2.75, 3.05) is 0 Å². The fourth-order valence-electron chi connectivity index (χ4n) is 1.83. The van der Waals surface area contributed by atoms with Crippen LogP contribution >= 0.6 is 0 Å². The normalized spacial score (nSPS) is 12.8. The molecule has 0 bridgehead atoms. The first-order chi connectivity index (χ1) is 8.84. The van der Waals surface area contributed by atoms with Crippen LogP contribution in [-0.4, -0.2) is 14.0 Å². The summed E-state index contributed by atoms with van der Waals surface area (Å²) in [6.45, 7) is 5.72. The Hall–Kier alpha value is -1.39. The van der Waals surface area contributed by atoms with E-state index in [9.17, 15) is 8.42 Å². The number of hydrogen-bond donors (Lipinski definition) is 1. The average molecular weight is 277 g/mol. The standard InChI is InChI=1S/C15H19NO2S/c1-4-15(2,3)16-19(17,18)14-10-9-12-7-5-6-8-13(12)11-14/h5-11,16H,4H2,1-3H3. The van der Waals surface area contributed by atoms with Gasteiger partial charge in [0.2, 0.25) is 10.0 Å². The number of hydrogen-bond acceptors (Lipinski definition) is 2. The lowest BCUT2D eigenvalue weighted by Gasteiger charge is -2.24. The lowest BCUT2D eigenvalue weighted by molar-refractivity contribution is 0.439. The molecule has 0 aromatic heterocycles. The van der Waals surface area contributed by atoms with Crippen LogP contribution in [0.5, 0.6) is 0 Å². The van der Waals surface area contributed by atoms with Gasteiger partial charge in [0, 0.05) is 5.54 Å². The molecule has 102 valence electrons. The second-order valence-corrected chi connectivity index (χ2v) is 7.03. The minimum absolute atomic E-state index is 0.313. The van der Waals surface area contributed by atoms with Crippen LogP contribution in [0.15, 0.2) is 47.4 Å². The molecule has 0 heterocycles. The topological polar surface area (TPSA) is 46.2 Å². The van der Waals surface area contributed by atoms with E-state index in [0.717, 1.165) is 17.2 Å². The van der Waals surface area contributed by atoms with E-state index in [2.05, 4.69) is 4.72 Å². The molecule has 0 saturated carbocycles. The number of rotatable bonds is 4. The Kier molecular flexibility index (Phi) is 3.65. The molecule has 0 spiro atoms. The van der Waals surface area contributed by atoms with Gasteiger partial charge in [-0.25, -0.2) is 13.1 Å². The number of sulfonamides is 1. The molecule has 3 nitrogen and oxygen atoms in total. The molecule has 0 radical (unpaired) electrons. The Morgan fingerprint density at radius 3 is 2.32 bits per heavy atom. The quantitative estimate of drug-likeness (QED) is 0.932. The largest absolute Gasteiger partial charge is 0.241 e. The summed E-state index contributed by atoms with van der Waals surface area (Å²) in [7, 11) is -3.47. The molecule has 2 rings (SSSR count). The highest BCUT2D eigenvalue weighted by Crippen LogP contribution is 2.20. The van der Waals surface area contributed by atoms with Gasteiger partial charge in [-0.05, 0) is 43.2 Å². The maximum absolute atomic E-state index is 12.3. The maximum atomic E-state index is 12.3. The van der Waals surface area contributed by atoms with Gasteiger partial charge in [0.15, 0.2) is 0 Å². The Labute approximate surface area is 114 Å². The SMILES string of the molecule is CCC(C)(C)NS(=O)(=O)c1ccc2ccccc2c1. The molecule has 0 atom stereocenters. The van der Waals surface area contributed by atoms with Gasteiger partial charge in [-0.2, -0.15) is 0 Å². The van der Waals surface area contributed by atoms with E-state index in [1.54, 1.807) is 12.1 Å². The fraction of sp³-hybridized carbons (Fsp3) is 0.333. The Bertz CT molecular complexity index is 690. The van der Waals surface area contributed by atoms with Crippen molar-refractivity contribution in [3.8, 4) is 0 Å². The molecule has 4 heteroatoms. The predicted molar refractivity (Wildman–Crippen MR) is 78.6 cm³/mol. The summed E-state index contributed by atoms with van der Waals surface area (Å²) in [6, 6.07) is 12.9. The third-order valence-corrected chi connectivity index (χ3v) is 5.02. The summed E-state index contributed by atoms with van der Waals surface area (Å²) in [4.78, 5) is 0.313. The van der Waals surface area contributed by atoms with E-state index in [-0.39, 0.29) is 0 Å². The van der Waals surface area contributed by atoms with E-state index in [1.807, 2.05) is 51.1 Å². The van der Waals surface area contributed by atoms with Gasteiger partial charge in [0.1, 0.15) is 0 Å². The summed E-state index contributed by atoms with van der Waals surface area (Å²) in [5.41, 5.74) is -0.440. The Morgan fingerprint density at radius 1 is 1.05 bits per heavy atom. The van der Waals surface area contributed by atoms with E-state index < -0.39 is 15.6 Å². The van der Waals surface area contributed by atoms with Crippen LogP contribution in [0.25, 0.3) is 10.8 Å². The van der Waals surface area contributed by atoms with Gasteiger partial charge in [-0.3, -0.25) is 0 Å². The molecule has 0 aliphatic rings. The third-order valence-electron chi connectivity index (χ3n) is 3.33. The number of benzene rings is 2. The number of fused-ring (bicyclic) bond motifs is 1. The first kappa shape index (κ1) is 14.0. The van der Waals surface area contributed by atoms with Crippen molar-refractivity contribution in [3.05, 3.63) is 42.5 Å². The minimum atomic E-state index is -3.47. The molecule has 2 aromatic rings. The van der Waals surface area contributed by atoms with Crippen LogP contribution in [0, 0.1) is 0 Å². The van der Waals surface area contributed by atoms with Crippen LogP contribution in [0.2, 0.25) is 0 Å². The van der Waals surface area contributed by atoms with E-state index in [0.29, 0.717) is 4.90 Å². The zero-order chi connectivity index (χ0) is 14.1. The van der Waals surface area contributed by atoms with Crippen LogP contribution in [-0.2, 0) is 10.0 Å². The average Bonchev–Trinajstić information content (AvgIpc) is 2.37. The van der Waals surface area contributed by atoms with Crippen molar-refractivity contribution in [2.45, 2.75) is 37.6 Å². The van der Waals surface area contributed by atoms with Gasteiger partial charge >= 0.3 is 0 Å². The van der Waals surface area contributed by atoms with Gasteiger partial charge in [0.25, 0.3) is 0 Å². The first-order valence-electron chi connectivity index (χ1n) is 6.37. The lowest BCUT2D eigenvalue weighted by atomic mass is 10.0. The molecule has 0 amide bonds. The maximum Gasteiger partial charge on any atom is 0.241 e. The van der Waals surface area contributed by atoms with Crippen molar-refractivity contribution in [3.63, 3.8) is 0 Å². The zero-order valence-corrected chi connectivity index (χ0v) is 12.3. The Balaban J connectivity index is 2.43. The zero-order valence-electron chi connectivity index (χ0n) is 11.5. The summed E-state index contributed by atoms with van der Waals surface area (Å²) in [5, 5.41) is 1.97. The van der Waals surface area contributed by atoms with Crippen molar-refractivity contribution in [1.29, 1.82) is 0 Å². The molecule has 19 heavy (non-hydrogen) atoms. The second-order valence-electron chi connectivity index (χ2n) is 5.35. The van der Waals surface area contributed by atoms with Crippen LogP contribution in [0.3, 0.4) is 0 Å². The van der Waals surface area contributed by atoms with Crippen LogP contribution < -0.4 is 4.72 Å². The second kappa shape index (κ2) is 4.94. The van der Waals surface area contributed by atoms with Crippen molar-refractivity contribution >= 4 is 20.8 Å². The monoisotopic (exact) mass is 277 g/mol. The third kappa shape index (κ3) is 3.14. The molecule has 1 N–H and O–H groups in total. The number of nitrogens with one attached hydrogen (secondary N) is 1. The molecular weight excluding hydrogens is 258 g/mol. The van der Waals surface area contributed by atoms with Gasteiger partial charge in [-0.1, -0.05) is 37.3 Å². The van der Waals surface area contributed by atoms with Gasteiger partial charge in [0.05, 0.1) is 4.90 Å². The van der Waals surface area contributed by atoms with Crippen LogP contribution in [0.1, 0.15) is 27.2 Å². The first-order valence-corrected chi connectivity index (χ1v) is 7.85. The minimum Gasteiger partial charge on any atom is -0.207 e. The molecule has 0 fully saturated rings. The molecular formula is C15H19NO2S. The van der Waals surface area contributed by atoms with Gasteiger partial charge in [-0.15, -0.1) is 0 Å². The highest BCUT2D eigenvalue weighted by Gasteiger charge is 2.24. The molecule has 0 aliphatic carbocycles. The smallest absolute Gasteiger partial charge is 0.207 e. The molecule has 0 unspecified atom stereocenters. The summed E-state index contributed by atoms with van der Waals surface area (Å²) in [5.74, 6) is 0. The summed E-state index contributed by atoms with van der Waals surface area (Å²) in [6.07, 6.45) is 0.736. The van der Waals surface area contributed by atoms with E-state index in [1.165, 1.54) is 0 Å². The lowest BCUT2D eigenvalue weighted by Crippen LogP contribution is -2.42. The van der Waals surface area contributed by atoms with E-state index in [4.69, 9.17) is 0 Å². The van der Waals surface area contributed by atoms with Gasteiger partial charge < -0.3 is 0 Å². The molecule has 0 saturated heterocycles. The highest BCUT2D eigenvalue weighted by atomic mass is 32.2. The highest BCUT2D eigenvalue weighted by molar-refractivity contribution is 7.89. The summed E-state index contributed by atoms with van der Waals surface area (Å²) < 4.78 is 27.4. The Morgan fingerprint density at radius 2 is 1.68 bits per heavy atom. The molecule has 0 aliphatic heterocycles. The fourth-order valence-corrected chi connectivity index (χ4v) is 3.35. The predicted octanol–water partition coefficient (Wildman–Crippen LogP) is 3.31. The van der Waals surface area contributed by atoms with Crippen LogP contribution in [0.4, 0.5) is 0 Å². The van der Waals surface area contributed by atoms with Crippen molar-refractivity contribution in [1.82, 2.24) is 4.72 Å². The van der Waals surface area contributed by atoms with Crippen molar-refractivity contribution in [2.24, 2.45) is 0 Å². The summed E-state index contributed by atoms with van der Waals surface area (Å²) >= 11 is 0. The van der Waals surface area contributed by atoms with E-state index >= 15 is 0 Å².